The van der Waals surface area contributed by atoms with Gasteiger partial charge in [-0.05, 0) is 41.3 Å². The number of carboxylic acids is 1. The molecule has 0 aromatic heterocycles. The number of aromatic carboxylic acids is 1. The van der Waals surface area contributed by atoms with Gasteiger partial charge in [-0.25, -0.2) is 9.69 Å². The van der Waals surface area contributed by atoms with Crippen molar-refractivity contribution in [2.24, 2.45) is 0 Å². The number of phenolic OH excluding ortho intramolecular Hbond substituents is 1. The number of carboxylic acid groups (broad SMARTS) is 1. The Morgan fingerprint density at radius 1 is 0.882 bits per heavy atom. The number of hydrogen-bond acceptors (Lipinski definition) is 6. The number of hydrogen-bond donors (Lipinski definition) is 2. The molecule has 1 heterocycles. The number of amides is 2. The van der Waals surface area contributed by atoms with E-state index in [1.165, 1.54) is 42.5 Å². The minimum atomic E-state index is -1.14. The molecular formula is C25H14N2O7. The van der Waals surface area contributed by atoms with Crippen LogP contribution in [0.15, 0.2) is 72.8 Å². The fraction of sp³-hybridized carbons (Fsp3) is 0. The van der Waals surface area contributed by atoms with E-state index in [0.29, 0.717) is 10.9 Å². The van der Waals surface area contributed by atoms with Crippen molar-refractivity contribution in [1.29, 1.82) is 0 Å². The number of nitrogens with zero attached hydrogens (tertiary/aromatic N) is 2. The van der Waals surface area contributed by atoms with E-state index in [4.69, 9.17) is 5.11 Å². The van der Waals surface area contributed by atoms with Gasteiger partial charge in [0.05, 0.1) is 27.3 Å². The van der Waals surface area contributed by atoms with Gasteiger partial charge >= 0.3 is 5.97 Å². The Hall–Kier alpha value is -5.05. The van der Waals surface area contributed by atoms with Crippen molar-refractivity contribution in [1.82, 2.24) is 0 Å². The maximum absolute atomic E-state index is 13.4. The lowest BCUT2D eigenvalue weighted by molar-refractivity contribution is -0.384. The highest BCUT2D eigenvalue weighted by Gasteiger charge is 2.38. The lowest BCUT2D eigenvalue weighted by atomic mass is 9.87. The van der Waals surface area contributed by atoms with Gasteiger partial charge in [0.25, 0.3) is 17.5 Å². The number of benzene rings is 4. The van der Waals surface area contributed by atoms with Crippen LogP contribution < -0.4 is 4.90 Å². The van der Waals surface area contributed by atoms with Crippen LogP contribution in [0, 0.1) is 10.1 Å². The van der Waals surface area contributed by atoms with Gasteiger partial charge < -0.3 is 10.2 Å². The summed E-state index contributed by atoms with van der Waals surface area (Å²) >= 11 is 0. The highest BCUT2D eigenvalue weighted by molar-refractivity contribution is 6.37. The van der Waals surface area contributed by atoms with Crippen LogP contribution in [0.2, 0.25) is 0 Å². The maximum atomic E-state index is 13.4. The van der Waals surface area contributed by atoms with E-state index in [9.17, 15) is 29.6 Å². The van der Waals surface area contributed by atoms with E-state index >= 15 is 0 Å². The number of carbonyl (C=O) groups excluding carboxylic acids is 2. The van der Waals surface area contributed by atoms with Crippen LogP contribution in [0.1, 0.15) is 31.1 Å². The molecule has 0 fully saturated rings. The summed E-state index contributed by atoms with van der Waals surface area (Å²) in [6.45, 7) is 0. The van der Waals surface area contributed by atoms with Crippen molar-refractivity contribution in [3.63, 3.8) is 0 Å². The first-order chi connectivity index (χ1) is 16.3. The Kier molecular flexibility index (Phi) is 4.61. The van der Waals surface area contributed by atoms with Gasteiger partial charge in [0.15, 0.2) is 0 Å². The zero-order chi connectivity index (χ0) is 24.1. The smallest absolute Gasteiger partial charge is 0.335 e. The second-order valence-electron chi connectivity index (χ2n) is 7.62. The Balaban J connectivity index is 1.81. The predicted molar refractivity (Wildman–Crippen MR) is 122 cm³/mol. The van der Waals surface area contributed by atoms with Crippen LogP contribution in [-0.4, -0.2) is 32.9 Å². The molecule has 0 saturated carbocycles. The standard InChI is InChI=1S/C25H14N2O7/c28-20-7-2-1-6-18(20)26-23(29)16-5-3-4-15-21(13-8-10-14(11-9-13)25(31)32)19(27(33)34)12-17(22(15)16)24(26)30/h1-12,28H,(H,31,32). The van der Waals surface area contributed by atoms with Crippen LogP contribution in [0.25, 0.3) is 21.9 Å². The zero-order valence-electron chi connectivity index (χ0n) is 17.3. The third-order valence-corrected chi connectivity index (χ3v) is 5.75. The predicted octanol–water partition coefficient (Wildman–Crippen LogP) is 4.62. The van der Waals surface area contributed by atoms with Crippen LogP contribution >= 0.6 is 0 Å². The molecule has 9 heteroatoms. The third kappa shape index (κ3) is 2.99. The van der Waals surface area contributed by atoms with Crippen molar-refractivity contribution in [2.75, 3.05) is 4.90 Å². The molecule has 34 heavy (non-hydrogen) atoms. The Morgan fingerprint density at radius 2 is 1.56 bits per heavy atom. The number of carbonyl (C=O) groups is 3. The number of para-hydroxylation sites is 2. The third-order valence-electron chi connectivity index (χ3n) is 5.75. The molecule has 4 aromatic rings. The molecule has 2 N–H and O–H groups in total. The summed E-state index contributed by atoms with van der Waals surface area (Å²) in [7, 11) is 0. The summed E-state index contributed by atoms with van der Waals surface area (Å²) in [4.78, 5) is 50.2. The molecule has 0 bridgehead atoms. The summed E-state index contributed by atoms with van der Waals surface area (Å²) in [5.41, 5.74) is 0.235. The molecule has 0 aliphatic carbocycles. The molecular weight excluding hydrogens is 440 g/mol. The quantitative estimate of drug-likeness (QED) is 0.261. The fourth-order valence-electron chi connectivity index (χ4n) is 4.25. The zero-order valence-corrected chi connectivity index (χ0v) is 17.3. The van der Waals surface area contributed by atoms with Gasteiger partial charge in [-0.1, -0.05) is 36.4 Å². The molecule has 0 unspecified atom stereocenters. The van der Waals surface area contributed by atoms with Crippen molar-refractivity contribution in [2.45, 2.75) is 0 Å². The first-order valence-corrected chi connectivity index (χ1v) is 10.0. The van der Waals surface area contributed by atoms with E-state index in [-0.39, 0.29) is 44.8 Å². The fourth-order valence-corrected chi connectivity index (χ4v) is 4.25. The molecule has 1 aliphatic heterocycles. The Bertz CT molecular complexity index is 1560. The number of phenols is 1. The first kappa shape index (κ1) is 20.8. The normalized spacial score (nSPS) is 12.8. The molecule has 2 amide bonds. The second kappa shape index (κ2) is 7.52. The van der Waals surface area contributed by atoms with E-state index in [2.05, 4.69) is 0 Å². The monoisotopic (exact) mass is 454 g/mol. The average molecular weight is 454 g/mol. The number of nitro groups is 1. The highest BCUT2D eigenvalue weighted by atomic mass is 16.6. The van der Waals surface area contributed by atoms with Crippen molar-refractivity contribution >= 4 is 39.9 Å². The molecule has 0 saturated heterocycles. The summed E-state index contributed by atoms with van der Waals surface area (Å²) in [5.74, 6) is -2.90. The molecule has 166 valence electrons. The molecule has 4 aromatic carbocycles. The Morgan fingerprint density at radius 3 is 2.21 bits per heavy atom. The molecule has 9 nitrogen and oxygen atoms in total. The van der Waals surface area contributed by atoms with Gasteiger partial charge in [-0.3, -0.25) is 19.7 Å². The van der Waals surface area contributed by atoms with Crippen molar-refractivity contribution in [3.8, 4) is 16.9 Å². The molecule has 0 spiro atoms. The summed E-state index contributed by atoms with van der Waals surface area (Å²) in [5, 5.41) is 32.0. The highest BCUT2D eigenvalue weighted by Crippen LogP contribution is 2.43. The number of aromatic hydroxyl groups is 1. The molecule has 0 radical (unpaired) electrons. The second-order valence-corrected chi connectivity index (χ2v) is 7.62. The number of anilines is 1. The van der Waals surface area contributed by atoms with E-state index in [1.54, 1.807) is 24.3 Å². The van der Waals surface area contributed by atoms with Gasteiger partial charge in [-0.15, -0.1) is 0 Å². The maximum Gasteiger partial charge on any atom is 0.335 e. The van der Waals surface area contributed by atoms with E-state index in [1.807, 2.05) is 0 Å². The Labute approximate surface area is 191 Å². The number of imide groups is 1. The van der Waals surface area contributed by atoms with Crippen LogP contribution in [0.4, 0.5) is 11.4 Å². The van der Waals surface area contributed by atoms with Gasteiger partial charge in [0, 0.05) is 17.0 Å². The number of nitro benzene ring substituents is 1. The summed E-state index contributed by atoms with van der Waals surface area (Å²) in [6.07, 6.45) is 0. The van der Waals surface area contributed by atoms with Crippen molar-refractivity contribution < 1.29 is 29.5 Å². The van der Waals surface area contributed by atoms with E-state index in [0.717, 1.165) is 11.0 Å². The largest absolute Gasteiger partial charge is 0.506 e. The minimum Gasteiger partial charge on any atom is -0.506 e. The van der Waals surface area contributed by atoms with E-state index < -0.39 is 22.7 Å². The van der Waals surface area contributed by atoms with Crippen LogP contribution in [0.5, 0.6) is 5.75 Å². The summed E-state index contributed by atoms with van der Waals surface area (Å²) in [6, 6.07) is 17.1. The molecule has 0 atom stereocenters. The average Bonchev–Trinajstić information content (AvgIpc) is 2.83. The van der Waals surface area contributed by atoms with Gasteiger partial charge in [0.2, 0.25) is 0 Å². The summed E-state index contributed by atoms with van der Waals surface area (Å²) < 4.78 is 0. The van der Waals surface area contributed by atoms with Crippen LogP contribution in [0.3, 0.4) is 0 Å². The lowest BCUT2D eigenvalue weighted by Crippen LogP contribution is -2.40. The van der Waals surface area contributed by atoms with Gasteiger partial charge in [0.1, 0.15) is 5.75 Å². The number of rotatable bonds is 4. The SMILES string of the molecule is O=C(O)c1ccc(-c2c([N+](=O)[O-])cc3c4c(cccc24)C(=O)N(c2ccccc2O)C3=O)cc1. The van der Waals surface area contributed by atoms with Gasteiger partial charge in [-0.2, -0.15) is 0 Å². The minimum absolute atomic E-state index is 0.0119. The topological polar surface area (TPSA) is 138 Å². The van der Waals surface area contributed by atoms with Crippen molar-refractivity contribution in [3.05, 3.63) is 99.6 Å². The van der Waals surface area contributed by atoms with Crippen LogP contribution in [-0.2, 0) is 0 Å². The molecule has 5 rings (SSSR count). The molecule has 1 aliphatic rings. The lowest BCUT2D eigenvalue weighted by Gasteiger charge is -2.28. The first-order valence-electron chi connectivity index (χ1n) is 10.0.